The van der Waals surface area contributed by atoms with Crippen LogP contribution in [-0.2, 0) is 6.54 Å². The molecule has 7 heteroatoms. The molecule has 0 aliphatic carbocycles. The Bertz CT molecular complexity index is 528. The van der Waals surface area contributed by atoms with Gasteiger partial charge in [-0.2, -0.15) is 0 Å². The molecule has 114 valence electrons. The number of hydrogen-bond donors (Lipinski definition) is 1. The number of rotatable bonds is 4. The van der Waals surface area contributed by atoms with Crippen LogP contribution >= 0.6 is 11.6 Å². The van der Waals surface area contributed by atoms with Crippen LogP contribution in [0.5, 0.6) is 0 Å². The molecule has 2 fully saturated rings. The summed E-state index contributed by atoms with van der Waals surface area (Å²) in [5.41, 5.74) is 0.746. The monoisotopic (exact) mass is 310 g/mol. The van der Waals surface area contributed by atoms with Gasteiger partial charge in [-0.05, 0) is 6.07 Å². The van der Waals surface area contributed by atoms with Gasteiger partial charge in [-0.15, -0.1) is 0 Å². The smallest absolute Gasteiger partial charge is 0.275 e. The molecule has 0 spiro atoms. The first-order valence-corrected chi connectivity index (χ1v) is 7.62. The van der Waals surface area contributed by atoms with E-state index in [4.69, 9.17) is 11.6 Å². The Kier molecular flexibility index (Phi) is 4.40. The van der Waals surface area contributed by atoms with E-state index in [9.17, 15) is 10.1 Å². The van der Waals surface area contributed by atoms with Crippen molar-refractivity contribution in [2.45, 2.75) is 12.6 Å². The van der Waals surface area contributed by atoms with E-state index in [0.29, 0.717) is 23.2 Å². The summed E-state index contributed by atoms with van der Waals surface area (Å²) in [4.78, 5) is 15.5. The third-order valence-corrected chi connectivity index (χ3v) is 4.71. The van der Waals surface area contributed by atoms with Gasteiger partial charge >= 0.3 is 0 Å². The summed E-state index contributed by atoms with van der Waals surface area (Å²) in [6, 6.07) is 5.55. The molecule has 1 aromatic rings. The molecule has 2 aliphatic rings. The Balaban J connectivity index is 1.64. The summed E-state index contributed by atoms with van der Waals surface area (Å²) in [7, 11) is 0. The van der Waals surface area contributed by atoms with Crippen LogP contribution in [0, 0.1) is 10.1 Å². The number of nitrogens with zero attached hydrogens (tertiary/aromatic N) is 3. The van der Waals surface area contributed by atoms with Gasteiger partial charge in [0.05, 0.1) is 15.5 Å². The van der Waals surface area contributed by atoms with Crippen molar-refractivity contribution in [1.82, 2.24) is 15.1 Å². The van der Waals surface area contributed by atoms with Crippen LogP contribution in [0.15, 0.2) is 18.2 Å². The third kappa shape index (κ3) is 3.18. The summed E-state index contributed by atoms with van der Waals surface area (Å²) >= 11 is 6.15. The van der Waals surface area contributed by atoms with Crippen molar-refractivity contribution >= 4 is 17.3 Å². The van der Waals surface area contributed by atoms with Gasteiger partial charge in [0, 0.05) is 57.9 Å². The second-order valence-electron chi connectivity index (χ2n) is 5.62. The zero-order valence-electron chi connectivity index (χ0n) is 11.8. The fourth-order valence-electron chi connectivity index (χ4n) is 2.92. The van der Waals surface area contributed by atoms with Gasteiger partial charge < -0.3 is 5.32 Å². The van der Waals surface area contributed by atoms with Crippen molar-refractivity contribution < 1.29 is 4.92 Å². The Hall–Kier alpha value is -1.21. The highest BCUT2D eigenvalue weighted by Crippen LogP contribution is 2.28. The average molecular weight is 311 g/mol. The number of nitro groups is 1. The number of halogens is 1. The van der Waals surface area contributed by atoms with Crippen LogP contribution < -0.4 is 5.32 Å². The second-order valence-corrected chi connectivity index (χ2v) is 6.03. The molecule has 0 atom stereocenters. The molecule has 21 heavy (non-hydrogen) atoms. The van der Waals surface area contributed by atoms with Gasteiger partial charge in [-0.25, -0.2) is 0 Å². The highest BCUT2D eigenvalue weighted by Gasteiger charge is 2.28. The van der Waals surface area contributed by atoms with E-state index >= 15 is 0 Å². The third-order valence-electron chi connectivity index (χ3n) is 4.36. The van der Waals surface area contributed by atoms with E-state index in [2.05, 4.69) is 15.1 Å². The molecule has 0 bridgehead atoms. The van der Waals surface area contributed by atoms with E-state index < -0.39 is 0 Å². The lowest BCUT2D eigenvalue weighted by molar-refractivity contribution is -0.385. The van der Waals surface area contributed by atoms with E-state index in [1.54, 1.807) is 12.1 Å². The molecule has 1 N–H and O–H groups in total. The van der Waals surface area contributed by atoms with Gasteiger partial charge in [-0.1, -0.05) is 17.7 Å². The Labute approximate surface area is 128 Å². The van der Waals surface area contributed by atoms with Gasteiger partial charge in [0.1, 0.15) is 0 Å². The molecular formula is C14H19ClN4O2. The summed E-state index contributed by atoms with van der Waals surface area (Å²) in [6.07, 6.45) is 0. The van der Waals surface area contributed by atoms with Gasteiger partial charge in [-0.3, -0.25) is 19.9 Å². The molecule has 2 heterocycles. The fraction of sp³-hybridized carbons (Fsp3) is 0.571. The number of nitro benzene ring substituents is 1. The largest absolute Gasteiger partial charge is 0.314 e. The van der Waals surface area contributed by atoms with Crippen LogP contribution in [0.1, 0.15) is 5.56 Å². The molecule has 0 amide bonds. The molecule has 0 radical (unpaired) electrons. The van der Waals surface area contributed by atoms with Gasteiger partial charge in [0.15, 0.2) is 0 Å². The summed E-state index contributed by atoms with van der Waals surface area (Å²) in [6.45, 7) is 6.60. The van der Waals surface area contributed by atoms with Crippen LogP contribution in [0.4, 0.5) is 5.69 Å². The minimum atomic E-state index is -0.350. The van der Waals surface area contributed by atoms with Crippen LogP contribution in [0.25, 0.3) is 0 Å². The average Bonchev–Trinajstić information content (AvgIpc) is 2.41. The molecule has 2 saturated heterocycles. The fourth-order valence-corrected chi connectivity index (χ4v) is 3.15. The van der Waals surface area contributed by atoms with Crippen molar-refractivity contribution in [3.63, 3.8) is 0 Å². The van der Waals surface area contributed by atoms with Gasteiger partial charge in [0.2, 0.25) is 0 Å². The second kappa shape index (κ2) is 6.27. The van der Waals surface area contributed by atoms with Crippen LogP contribution in [0.3, 0.4) is 0 Å². The number of benzene rings is 1. The molecular weight excluding hydrogens is 292 g/mol. The van der Waals surface area contributed by atoms with Gasteiger partial charge in [0.25, 0.3) is 5.69 Å². The maximum Gasteiger partial charge on any atom is 0.275 e. The maximum atomic E-state index is 11.1. The van der Waals surface area contributed by atoms with Crippen LogP contribution in [-0.4, -0.2) is 60.0 Å². The van der Waals surface area contributed by atoms with E-state index in [1.165, 1.54) is 6.07 Å². The number of piperazine rings is 1. The number of nitrogens with one attached hydrogen (secondary N) is 1. The lowest BCUT2D eigenvalue weighted by Gasteiger charge is -2.43. The minimum absolute atomic E-state index is 0.119. The first kappa shape index (κ1) is 14.7. The zero-order valence-corrected chi connectivity index (χ0v) is 12.6. The lowest BCUT2D eigenvalue weighted by Crippen LogP contribution is -2.61. The first-order chi connectivity index (χ1) is 10.1. The maximum absolute atomic E-state index is 11.1. The Morgan fingerprint density at radius 2 is 2.00 bits per heavy atom. The van der Waals surface area contributed by atoms with Crippen molar-refractivity contribution in [2.24, 2.45) is 0 Å². The molecule has 2 aliphatic heterocycles. The molecule has 0 saturated carbocycles. The summed E-state index contributed by atoms with van der Waals surface area (Å²) < 4.78 is 0. The molecule has 3 rings (SSSR count). The van der Waals surface area contributed by atoms with Crippen molar-refractivity contribution in [3.05, 3.63) is 38.9 Å². The molecule has 0 aromatic heterocycles. The summed E-state index contributed by atoms with van der Waals surface area (Å²) in [5.74, 6) is 0. The first-order valence-electron chi connectivity index (χ1n) is 7.24. The predicted molar refractivity (Wildman–Crippen MR) is 81.6 cm³/mol. The predicted octanol–water partition coefficient (Wildman–Crippen LogP) is 1.34. The van der Waals surface area contributed by atoms with E-state index in [0.717, 1.165) is 39.3 Å². The zero-order chi connectivity index (χ0) is 14.8. The highest BCUT2D eigenvalue weighted by molar-refractivity contribution is 6.31. The van der Waals surface area contributed by atoms with Crippen molar-refractivity contribution in [2.75, 3.05) is 39.3 Å². The minimum Gasteiger partial charge on any atom is -0.314 e. The van der Waals surface area contributed by atoms with Crippen LogP contribution in [0.2, 0.25) is 5.02 Å². The molecule has 1 aromatic carbocycles. The summed E-state index contributed by atoms with van der Waals surface area (Å²) in [5, 5.41) is 14.9. The van der Waals surface area contributed by atoms with Crippen molar-refractivity contribution in [3.8, 4) is 0 Å². The lowest BCUT2D eigenvalue weighted by atomic mass is 10.1. The molecule has 6 nitrogen and oxygen atoms in total. The number of hydrogen-bond acceptors (Lipinski definition) is 5. The van der Waals surface area contributed by atoms with Crippen molar-refractivity contribution in [1.29, 1.82) is 0 Å². The normalized spacial score (nSPS) is 21.2. The highest BCUT2D eigenvalue weighted by atomic mass is 35.5. The van der Waals surface area contributed by atoms with E-state index in [-0.39, 0.29) is 10.6 Å². The Morgan fingerprint density at radius 3 is 2.57 bits per heavy atom. The molecule has 0 unspecified atom stereocenters. The quantitative estimate of drug-likeness (QED) is 0.672. The van der Waals surface area contributed by atoms with E-state index in [1.807, 2.05) is 0 Å². The SMILES string of the molecule is O=[N+]([O-])c1cccc(Cl)c1CN1CCN(C2CNC2)CC1. The Morgan fingerprint density at radius 1 is 1.29 bits per heavy atom. The topological polar surface area (TPSA) is 61.7 Å². The standard InChI is InChI=1S/C14H19ClN4O2/c15-13-2-1-3-14(19(20)21)12(13)10-17-4-6-18(7-5-17)11-8-16-9-11/h1-3,11,16H,4-10H2.